The van der Waals surface area contributed by atoms with Gasteiger partial charge in [0.1, 0.15) is 10.8 Å². The third-order valence-corrected chi connectivity index (χ3v) is 4.97. The maximum absolute atomic E-state index is 13.2. The SMILES string of the molecule is O=C(Nc1nnc(C2CC2)s1)N[C@@H]1C[C@H]1c1cccc(F)c1. The molecule has 7 heteroatoms. The molecule has 4 rings (SSSR count). The second-order valence-corrected chi connectivity index (χ2v) is 6.83. The number of rotatable bonds is 4. The van der Waals surface area contributed by atoms with Crippen LogP contribution in [-0.2, 0) is 0 Å². The molecule has 0 aliphatic heterocycles. The van der Waals surface area contributed by atoms with Gasteiger partial charge >= 0.3 is 6.03 Å². The molecule has 2 N–H and O–H groups in total. The summed E-state index contributed by atoms with van der Waals surface area (Å²) >= 11 is 1.43. The fourth-order valence-corrected chi connectivity index (χ4v) is 3.45. The number of carbonyl (C=O) groups is 1. The van der Waals surface area contributed by atoms with E-state index in [1.54, 1.807) is 6.07 Å². The molecule has 2 aromatic rings. The van der Waals surface area contributed by atoms with Crippen molar-refractivity contribution in [3.8, 4) is 0 Å². The molecule has 1 aromatic heterocycles. The maximum atomic E-state index is 13.2. The Bertz CT molecular complexity index is 715. The van der Waals surface area contributed by atoms with Crippen LogP contribution in [0.15, 0.2) is 24.3 Å². The highest BCUT2D eigenvalue weighted by atomic mass is 32.1. The van der Waals surface area contributed by atoms with Gasteiger partial charge in [0.15, 0.2) is 0 Å². The molecular formula is C15H15FN4OS. The Morgan fingerprint density at radius 3 is 2.95 bits per heavy atom. The van der Waals surface area contributed by atoms with Crippen LogP contribution in [0.1, 0.15) is 41.7 Å². The lowest BCUT2D eigenvalue weighted by molar-refractivity contribution is 0.251. The highest BCUT2D eigenvalue weighted by Crippen LogP contribution is 2.42. The standard InChI is InChI=1S/C15H15FN4OS/c16-10-3-1-2-9(6-10)11-7-12(11)17-14(21)18-15-20-19-13(22-15)8-4-5-8/h1-3,6,8,11-12H,4-5,7H2,(H2,17,18,20,21)/t11-,12+/m0/s1. The summed E-state index contributed by atoms with van der Waals surface area (Å²) in [6.45, 7) is 0. The summed E-state index contributed by atoms with van der Waals surface area (Å²) < 4.78 is 13.2. The van der Waals surface area contributed by atoms with Crippen LogP contribution in [-0.4, -0.2) is 22.3 Å². The topological polar surface area (TPSA) is 66.9 Å². The zero-order chi connectivity index (χ0) is 15.1. The van der Waals surface area contributed by atoms with Crippen molar-refractivity contribution in [2.24, 2.45) is 0 Å². The fraction of sp³-hybridized carbons (Fsp3) is 0.400. The Labute approximate surface area is 131 Å². The van der Waals surface area contributed by atoms with Gasteiger partial charge in [0.25, 0.3) is 0 Å². The van der Waals surface area contributed by atoms with E-state index >= 15 is 0 Å². The molecule has 2 amide bonds. The summed E-state index contributed by atoms with van der Waals surface area (Å²) in [7, 11) is 0. The van der Waals surface area contributed by atoms with Gasteiger partial charge in [0, 0.05) is 17.9 Å². The minimum Gasteiger partial charge on any atom is -0.334 e. The first-order valence-corrected chi connectivity index (χ1v) is 8.17. The van der Waals surface area contributed by atoms with E-state index in [0.29, 0.717) is 11.0 Å². The van der Waals surface area contributed by atoms with Gasteiger partial charge in [0.05, 0.1) is 0 Å². The molecule has 0 saturated heterocycles. The number of amides is 2. The first-order chi connectivity index (χ1) is 10.7. The van der Waals surface area contributed by atoms with E-state index in [9.17, 15) is 9.18 Å². The monoisotopic (exact) mass is 318 g/mol. The quantitative estimate of drug-likeness (QED) is 0.909. The van der Waals surface area contributed by atoms with E-state index in [-0.39, 0.29) is 23.8 Å². The van der Waals surface area contributed by atoms with Gasteiger partial charge in [-0.2, -0.15) is 0 Å². The van der Waals surface area contributed by atoms with Crippen molar-refractivity contribution in [3.63, 3.8) is 0 Å². The van der Waals surface area contributed by atoms with Crippen LogP contribution in [0.3, 0.4) is 0 Å². The molecule has 0 bridgehead atoms. The number of benzene rings is 1. The van der Waals surface area contributed by atoms with Crippen LogP contribution in [0.2, 0.25) is 0 Å². The molecular weight excluding hydrogens is 303 g/mol. The normalized spacial score (nSPS) is 23.1. The molecule has 22 heavy (non-hydrogen) atoms. The number of aromatic nitrogens is 2. The van der Waals surface area contributed by atoms with Gasteiger partial charge in [-0.25, -0.2) is 9.18 Å². The van der Waals surface area contributed by atoms with E-state index in [2.05, 4.69) is 20.8 Å². The van der Waals surface area contributed by atoms with Crippen LogP contribution in [0, 0.1) is 5.82 Å². The van der Waals surface area contributed by atoms with Gasteiger partial charge in [-0.05, 0) is 37.0 Å². The summed E-state index contributed by atoms with van der Waals surface area (Å²) in [5.74, 6) is 0.490. The number of urea groups is 1. The van der Waals surface area contributed by atoms with E-state index < -0.39 is 0 Å². The Balaban J connectivity index is 1.31. The van der Waals surface area contributed by atoms with E-state index in [1.807, 2.05) is 6.07 Å². The molecule has 2 saturated carbocycles. The van der Waals surface area contributed by atoms with Gasteiger partial charge in [-0.3, -0.25) is 5.32 Å². The minimum atomic E-state index is -0.276. The van der Waals surface area contributed by atoms with Crippen molar-refractivity contribution in [1.82, 2.24) is 15.5 Å². The highest BCUT2D eigenvalue weighted by molar-refractivity contribution is 7.15. The zero-order valence-electron chi connectivity index (χ0n) is 11.8. The van der Waals surface area contributed by atoms with Crippen LogP contribution >= 0.6 is 11.3 Å². The molecule has 2 fully saturated rings. The van der Waals surface area contributed by atoms with Crippen molar-refractivity contribution >= 4 is 22.5 Å². The lowest BCUT2D eigenvalue weighted by atomic mass is 10.1. The average Bonchev–Trinajstić information content (AvgIpc) is 3.40. The summed E-state index contributed by atoms with van der Waals surface area (Å²) in [6, 6.07) is 6.31. The lowest BCUT2D eigenvalue weighted by Crippen LogP contribution is -2.31. The predicted octanol–water partition coefficient (Wildman–Crippen LogP) is 3.23. The van der Waals surface area contributed by atoms with Crippen LogP contribution in [0.5, 0.6) is 0 Å². The largest absolute Gasteiger partial charge is 0.334 e. The molecule has 2 aliphatic rings. The molecule has 0 unspecified atom stereocenters. The third kappa shape index (κ3) is 2.94. The number of anilines is 1. The molecule has 0 radical (unpaired) electrons. The second kappa shape index (κ2) is 5.31. The average molecular weight is 318 g/mol. The zero-order valence-corrected chi connectivity index (χ0v) is 12.6. The number of hydrogen-bond acceptors (Lipinski definition) is 4. The van der Waals surface area contributed by atoms with Crippen LogP contribution in [0.25, 0.3) is 0 Å². The van der Waals surface area contributed by atoms with Gasteiger partial charge < -0.3 is 5.32 Å². The van der Waals surface area contributed by atoms with Crippen molar-refractivity contribution in [3.05, 3.63) is 40.7 Å². The minimum absolute atomic E-state index is 0.0534. The van der Waals surface area contributed by atoms with Crippen molar-refractivity contribution in [2.45, 2.75) is 37.1 Å². The Morgan fingerprint density at radius 1 is 1.32 bits per heavy atom. The summed E-state index contributed by atoms with van der Waals surface area (Å²) in [6.07, 6.45) is 3.16. The van der Waals surface area contributed by atoms with Gasteiger partial charge in [-0.15, -0.1) is 10.2 Å². The smallest absolute Gasteiger partial charge is 0.321 e. The molecule has 2 aliphatic carbocycles. The van der Waals surface area contributed by atoms with E-state index in [0.717, 1.165) is 29.8 Å². The van der Waals surface area contributed by atoms with Crippen LogP contribution < -0.4 is 10.6 Å². The van der Waals surface area contributed by atoms with Gasteiger partial charge in [0.2, 0.25) is 5.13 Å². The summed E-state index contributed by atoms with van der Waals surface area (Å²) in [5, 5.41) is 15.2. The number of nitrogens with one attached hydrogen (secondary N) is 2. The Kier molecular flexibility index (Phi) is 3.29. The van der Waals surface area contributed by atoms with E-state index in [1.165, 1.54) is 23.5 Å². The van der Waals surface area contributed by atoms with Crippen molar-refractivity contribution in [2.75, 3.05) is 5.32 Å². The third-order valence-electron chi connectivity index (χ3n) is 3.97. The summed E-state index contributed by atoms with van der Waals surface area (Å²) in [4.78, 5) is 11.9. The van der Waals surface area contributed by atoms with Gasteiger partial charge in [-0.1, -0.05) is 23.5 Å². The molecule has 114 valence electrons. The molecule has 0 spiro atoms. The fourth-order valence-electron chi connectivity index (χ4n) is 2.54. The molecule has 2 atom stereocenters. The molecule has 1 heterocycles. The first kappa shape index (κ1) is 13.6. The first-order valence-electron chi connectivity index (χ1n) is 7.35. The number of hydrogen-bond donors (Lipinski definition) is 2. The number of nitrogens with zero attached hydrogens (tertiary/aromatic N) is 2. The summed E-state index contributed by atoms with van der Waals surface area (Å²) in [5.41, 5.74) is 0.928. The Hall–Kier alpha value is -2.02. The highest BCUT2D eigenvalue weighted by Gasteiger charge is 2.39. The second-order valence-electron chi connectivity index (χ2n) is 5.82. The lowest BCUT2D eigenvalue weighted by Gasteiger charge is -2.04. The molecule has 5 nitrogen and oxygen atoms in total. The number of carbonyl (C=O) groups excluding carboxylic acids is 1. The van der Waals surface area contributed by atoms with Crippen LogP contribution in [0.4, 0.5) is 14.3 Å². The maximum Gasteiger partial charge on any atom is 0.321 e. The molecule has 1 aromatic carbocycles. The van der Waals surface area contributed by atoms with E-state index in [4.69, 9.17) is 0 Å². The Morgan fingerprint density at radius 2 is 2.18 bits per heavy atom. The van der Waals surface area contributed by atoms with Crippen molar-refractivity contribution < 1.29 is 9.18 Å². The number of halogens is 1. The van der Waals surface area contributed by atoms with Crippen molar-refractivity contribution in [1.29, 1.82) is 0 Å². The predicted molar refractivity (Wildman–Crippen MR) is 81.6 cm³/mol.